The number of hydrogen-bond donors (Lipinski definition) is 0. The molecule has 0 bridgehead atoms. The molecule has 10 heteroatoms. The summed E-state index contributed by atoms with van der Waals surface area (Å²) >= 11 is 0. The molecular formula is C5H8ClN3O4S2. The van der Waals surface area contributed by atoms with Crippen molar-refractivity contribution in [3.63, 3.8) is 0 Å². The molecule has 0 aromatic carbocycles. The molecule has 0 radical (unpaired) electrons. The van der Waals surface area contributed by atoms with Crippen LogP contribution in [0.15, 0.2) is 5.16 Å². The van der Waals surface area contributed by atoms with E-state index in [-0.39, 0.29) is 11.6 Å². The molecule has 0 aliphatic heterocycles. The Morgan fingerprint density at radius 3 is 2.13 bits per heavy atom. The van der Waals surface area contributed by atoms with Gasteiger partial charge in [0.25, 0.3) is 14.2 Å². The second-order valence-electron chi connectivity index (χ2n) is 2.97. The monoisotopic (exact) mass is 273 g/mol. The van der Waals surface area contributed by atoms with E-state index in [1.807, 2.05) is 0 Å². The molecule has 0 amide bonds. The summed E-state index contributed by atoms with van der Waals surface area (Å²) in [4.78, 5) is 0. The molecule has 0 aliphatic rings. The quantitative estimate of drug-likeness (QED) is 0.675. The third kappa shape index (κ3) is 3.14. The third-order valence-corrected chi connectivity index (χ3v) is 3.52. The second kappa shape index (κ2) is 3.72. The molecule has 0 saturated carbocycles. The topological polar surface area (TPSA) is 99.0 Å². The predicted molar refractivity (Wildman–Crippen MR) is 52.6 cm³/mol. The zero-order valence-electron chi connectivity index (χ0n) is 7.88. The molecule has 0 unspecified atom stereocenters. The van der Waals surface area contributed by atoms with Crippen LogP contribution in [-0.2, 0) is 31.7 Å². The van der Waals surface area contributed by atoms with Crippen LogP contribution >= 0.6 is 10.7 Å². The van der Waals surface area contributed by atoms with Gasteiger partial charge in [0.2, 0.25) is 0 Å². The average Bonchev–Trinajstić information content (AvgIpc) is 2.27. The van der Waals surface area contributed by atoms with Crippen molar-refractivity contribution < 1.29 is 16.8 Å². The van der Waals surface area contributed by atoms with Gasteiger partial charge in [-0.1, -0.05) is 0 Å². The second-order valence-corrected chi connectivity index (χ2v) is 7.57. The van der Waals surface area contributed by atoms with E-state index in [0.29, 0.717) is 0 Å². The molecule has 1 rings (SSSR count). The van der Waals surface area contributed by atoms with Gasteiger partial charge in [0, 0.05) is 24.0 Å². The highest BCUT2D eigenvalue weighted by molar-refractivity contribution is 8.13. The molecule has 0 N–H and O–H groups in total. The van der Waals surface area contributed by atoms with Crippen molar-refractivity contribution >= 4 is 29.6 Å². The Hall–Kier alpha value is -0.670. The maximum atomic E-state index is 10.9. The van der Waals surface area contributed by atoms with E-state index in [0.717, 1.165) is 10.8 Å². The van der Waals surface area contributed by atoms with Crippen LogP contribution in [0.4, 0.5) is 0 Å². The molecule has 0 fully saturated rings. The van der Waals surface area contributed by atoms with E-state index in [1.165, 1.54) is 7.05 Å². The zero-order valence-corrected chi connectivity index (χ0v) is 10.3. The predicted octanol–water partition coefficient (Wildman–Crippen LogP) is -0.713. The average molecular weight is 274 g/mol. The van der Waals surface area contributed by atoms with E-state index >= 15 is 0 Å². The number of nitrogens with zero attached hydrogens (tertiary/aromatic N) is 3. The highest BCUT2D eigenvalue weighted by Gasteiger charge is 2.21. The number of sulfone groups is 1. The lowest BCUT2D eigenvalue weighted by Gasteiger charge is -1.99. The van der Waals surface area contributed by atoms with E-state index in [2.05, 4.69) is 10.2 Å². The fourth-order valence-corrected chi connectivity index (χ4v) is 2.61. The van der Waals surface area contributed by atoms with Crippen molar-refractivity contribution in [3.05, 3.63) is 5.82 Å². The lowest BCUT2D eigenvalue weighted by molar-refractivity contribution is 0.586. The van der Waals surface area contributed by atoms with Crippen LogP contribution < -0.4 is 0 Å². The minimum absolute atomic E-state index is 0.0247. The Morgan fingerprint density at radius 2 is 1.80 bits per heavy atom. The van der Waals surface area contributed by atoms with Gasteiger partial charge < -0.3 is 4.57 Å². The Morgan fingerprint density at radius 1 is 1.27 bits per heavy atom. The van der Waals surface area contributed by atoms with Gasteiger partial charge in [-0.2, -0.15) is 0 Å². The van der Waals surface area contributed by atoms with Crippen molar-refractivity contribution in [2.24, 2.45) is 7.05 Å². The molecule has 15 heavy (non-hydrogen) atoms. The van der Waals surface area contributed by atoms with Crippen LogP contribution in [0.25, 0.3) is 0 Å². The standard InChI is InChI=1S/C5H8ClN3O4S2/c1-9-4(3-14(2,10)11)7-8-5(9)15(6,12)13/h3H2,1-2H3. The van der Waals surface area contributed by atoms with Crippen molar-refractivity contribution in [2.45, 2.75) is 10.9 Å². The maximum absolute atomic E-state index is 10.9. The molecule has 1 aromatic heterocycles. The van der Waals surface area contributed by atoms with Crippen LogP contribution in [0.1, 0.15) is 5.82 Å². The number of hydrogen-bond acceptors (Lipinski definition) is 6. The Balaban J connectivity index is 3.23. The van der Waals surface area contributed by atoms with E-state index < -0.39 is 24.0 Å². The zero-order chi connectivity index (χ0) is 11.9. The minimum atomic E-state index is -4.00. The van der Waals surface area contributed by atoms with Crippen molar-refractivity contribution in [2.75, 3.05) is 6.26 Å². The Bertz CT molecular complexity index is 573. The van der Waals surface area contributed by atoms with Crippen LogP contribution in [0.3, 0.4) is 0 Å². The first-order valence-corrected chi connectivity index (χ1v) is 7.99. The van der Waals surface area contributed by atoms with E-state index in [1.54, 1.807) is 0 Å². The fraction of sp³-hybridized carbons (Fsp3) is 0.600. The first-order chi connectivity index (χ1) is 6.61. The van der Waals surface area contributed by atoms with Crippen molar-refractivity contribution in [1.82, 2.24) is 14.8 Å². The largest absolute Gasteiger partial charge is 0.303 e. The van der Waals surface area contributed by atoms with Gasteiger partial charge in [0.1, 0.15) is 11.6 Å². The van der Waals surface area contributed by atoms with Crippen LogP contribution in [0.5, 0.6) is 0 Å². The molecule has 1 aromatic rings. The molecule has 0 aliphatic carbocycles. The normalized spacial score (nSPS) is 13.0. The summed E-state index contributed by atoms with van der Waals surface area (Å²) in [5, 5.41) is 6.27. The van der Waals surface area contributed by atoms with Crippen LogP contribution in [-0.4, -0.2) is 37.9 Å². The van der Waals surface area contributed by atoms with Gasteiger partial charge in [-0.25, -0.2) is 16.8 Å². The first-order valence-electron chi connectivity index (χ1n) is 3.62. The highest BCUT2D eigenvalue weighted by atomic mass is 35.7. The lowest BCUT2D eigenvalue weighted by Crippen LogP contribution is -2.09. The smallest absolute Gasteiger partial charge is 0.296 e. The summed E-state index contributed by atoms with van der Waals surface area (Å²) in [6, 6.07) is 0. The number of rotatable bonds is 3. The fourth-order valence-electron chi connectivity index (χ4n) is 0.918. The van der Waals surface area contributed by atoms with Gasteiger partial charge in [0.15, 0.2) is 9.84 Å². The molecule has 0 spiro atoms. The molecule has 0 atom stereocenters. The maximum Gasteiger partial charge on any atom is 0.296 e. The van der Waals surface area contributed by atoms with E-state index in [4.69, 9.17) is 10.7 Å². The summed E-state index contributed by atoms with van der Waals surface area (Å²) in [7, 11) is -0.918. The molecule has 1 heterocycles. The SMILES string of the molecule is Cn1c(CS(C)(=O)=O)nnc1S(=O)(=O)Cl. The van der Waals surface area contributed by atoms with Crippen LogP contribution in [0.2, 0.25) is 0 Å². The molecule has 86 valence electrons. The summed E-state index contributed by atoms with van der Waals surface area (Å²) in [5.74, 6) is -0.361. The summed E-state index contributed by atoms with van der Waals surface area (Å²) in [6.45, 7) is 0. The molecule has 0 saturated heterocycles. The van der Waals surface area contributed by atoms with Gasteiger partial charge in [0.05, 0.1) is 0 Å². The lowest BCUT2D eigenvalue weighted by atomic mass is 10.7. The Labute approximate surface area is 91.4 Å². The number of halogens is 1. The van der Waals surface area contributed by atoms with Gasteiger partial charge >= 0.3 is 0 Å². The van der Waals surface area contributed by atoms with Gasteiger partial charge in [-0.05, 0) is 0 Å². The molecular weight excluding hydrogens is 266 g/mol. The third-order valence-electron chi connectivity index (χ3n) is 1.53. The first kappa shape index (κ1) is 12.4. The summed E-state index contributed by atoms with van der Waals surface area (Å²) in [6.07, 6.45) is 1.01. The minimum Gasteiger partial charge on any atom is -0.303 e. The van der Waals surface area contributed by atoms with Crippen molar-refractivity contribution in [1.29, 1.82) is 0 Å². The van der Waals surface area contributed by atoms with E-state index in [9.17, 15) is 16.8 Å². The highest BCUT2D eigenvalue weighted by Crippen LogP contribution is 2.13. The number of aromatic nitrogens is 3. The van der Waals surface area contributed by atoms with Crippen molar-refractivity contribution in [3.8, 4) is 0 Å². The van der Waals surface area contributed by atoms with Crippen LogP contribution in [0, 0.1) is 0 Å². The summed E-state index contributed by atoms with van der Waals surface area (Å²) in [5.41, 5.74) is 0. The van der Waals surface area contributed by atoms with Gasteiger partial charge in [-0.3, -0.25) is 0 Å². The van der Waals surface area contributed by atoms with Gasteiger partial charge in [-0.15, -0.1) is 10.2 Å². The molecule has 7 nitrogen and oxygen atoms in total. The summed E-state index contributed by atoms with van der Waals surface area (Å²) < 4.78 is 44.8. The Kier molecular flexibility index (Phi) is 3.08.